The molecular weight excluding hydrogens is 559 g/mol. The zero-order valence-corrected chi connectivity index (χ0v) is 21.2. The van der Waals surface area contributed by atoms with Gasteiger partial charge in [-0.15, -0.1) is 0 Å². The third-order valence-electron chi connectivity index (χ3n) is 6.00. The van der Waals surface area contributed by atoms with E-state index in [1.165, 1.54) is 6.07 Å². The van der Waals surface area contributed by atoms with E-state index in [0.717, 1.165) is 25.8 Å². The fourth-order valence-corrected chi connectivity index (χ4v) is 4.77. The van der Waals surface area contributed by atoms with Crippen molar-refractivity contribution in [3.63, 3.8) is 0 Å². The van der Waals surface area contributed by atoms with Crippen molar-refractivity contribution in [1.29, 1.82) is 0 Å². The summed E-state index contributed by atoms with van der Waals surface area (Å²) < 4.78 is 6.31. The van der Waals surface area contributed by atoms with Crippen LogP contribution >= 0.6 is 22.6 Å². The van der Waals surface area contributed by atoms with Gasteiger partial charge >= 0.3 is 12.1 Å². The molecule has 8 heteroatoms. The van der Waals surface area contributed by atoms with Crippen LogP contribution in [0.4, 0.5) is 10.5 Å². The summed E-state index contributed by atoms with van der Waals surface area (Å²) in [6.07, 6.45) is -0.0378. The van der Waals surface area contributed by atoms with Crippen LogP contribution in [-0.2, 0) is 9.53 Å². The molecule has 0 saturated carbocycles. The van der Waals surface area contributed by atoms with Crippen LogP contribution < -0.4 is 10.6 Å². The lowest BCUT2D eigenvalue weighted by Crippen LogP contribution is -2.34. The van der Waals surface area contributed by atoms with Gasteiger partial charge in [0, 0.05) is 22.0 Å². The predicted octanol–water partition coefficient (Wildman–Crippen LogP) is 5.64. The summed E-state index contributed by atoms with van der Waals surface area (Å²) in [5.74, 6) is -1.45. The Morgan fingerprint density at radius 2 is 1.63 bits per heavy atom. The Morgan fingerprint density at radius 3 is 2.26 bits per heavy atom. The summed E-state index contributed by atoms with van der Waals surface area (Å²) in [5.41, 5.74) is 4.89. The number of hydrogen-bond acceptors (Lipinski definition) is 4. The third kappa shape index (κ3) is 5.82. The van der Waals surface area contributed by atoms with Crippen molar-refractivity contribution in [2.45, 2.75) is 31.7 Å². The lowest BCUT2D eigenvalue weighted by molar-refractivity contribution is -0.116. The summed E-state index contributed by atoms with van der Waals surface area (Å²) in [4.78, 5) is 36.2. The number of aromatic carboxylic acids is 1. The maximum absolute atomic E-state index is 12.4. The van der Waals surface area contributed by atoms with Crippen molar-refractivity contribution in [3.05, 3.63) is 87.0 Å². The first-order valence-electron chi connectivity index (χ1n) is 11.3. The van der Waals surface area contributed by atoms with E-state index in [-0.39, 0.29) is 42.1 Å². The number of rotatable bonds is 8. The highest BCUT2D eigenvalue weighted by molar-refractivity contribution is 14.1. The summed E-state index contributed by atoms with van der Waals surface area (Å²) >= 11 is 2.02. The number of carboxylic acid groups (broad SMARTS) is 1. The highest BCUT2D eigenvalue weighted by Gasteiger charge is 2.29. The monoisotopic (exact) mass is 584 g/mol. The summed E-state index contributed by atoms with van der Waals surface area (Å²) in [6, 6.07) is 20.8. The first-order valence-corrected chi connectivity index (χ1v) is 12.4. The van der Waals surface area contributed by atoms with Gasteiger partial charge in [0.05, 0.1) is 11.3 Å². The molecule has 180 valence electrons. The van der Waals surface area contributed by atoms with Crippen molar-refractivity contribution in [2.75, 3.05) is 11.9 Å². The van der Waals surface area contributed by atoms with Gasteiger partial charge in [0.15, 0.2) is 0 Å². The number of fused-ring (bicyclic) bond motifs is 3. The van der Waals surface area contributed by atoms with E-state index in [2.05, 4.69) is 34.9 Å². The van der Waals surface area contributed by atoms with E-state index < -0.39 is 12.1 Å². The van der Waals surface area contributed by atoms with E-state index >= 15 is 0 Å². The Morgan fingerprint density at radius 1 is 1.00 bits per heavy atom. The van der Waals surface area contributed by atoms with Gasteiger partial charge in [-0.05, 0) is 76.4 Å². The Hall–Kier alpha value is -3.40. The molecule has 4 rings (SSSR count). The zero-order valence-electron chi connectivity index (χ0n) is 19.1. The summed E-state index contributed by atoms with van der Waals surface area (Å²) in [6.45, 7) is 2.01. The molecular formula is C27H25IN2O5. The number of ether oxygens (including phenoxy) is 1. The number of benzene rings is 3. The molecule has 1 atom stereocenters. The van der Waals surface area contributed by atoms with Gasteiger partial charge in [-0.2, -0.15) is 0 Å². The second-order valence-corrected chi connectivity index (χ2v) is 9.70. The van der Waals surface area contributed by atoms with Crippen molar-refractivity contribution in [1.82, 2.24) is 5.32 Å². The number of hydrogen-bond donors (Lipinski definition) is 3. The zero-order chi connectivity index (χ0) is 24.9. The lowest BCUT2D eigenvalue weighted by atomic mass is 9.98. The maximum atomic E-state index is 12.4. The molecule has 0 heterocycles. The molecule has 0 spiro atoms. The highest BCUT2D eigenvalue weighted by atomic mass is 127. The van der Waals surface area contributed by atoms with Gasteiger partial charge in [0.1, 0.15) is 6.61 Å². The summed E-state index contributed by atoms with van der Waals surface area (Å²) in [5, 5.41) is 14.8. The normalized spacial score (nSPS) is 12.9. The molecule has 1 aliphatic carbocycles. The second-order valence-electron chi connectivity index (χ2n) is 8.45. The smallest absolute Gasteiger partial charge is 0.407 e. The molecule has 1 aliphatic rings. The quantitative estimate of drug-likeness (QED) is 0.298. The topological polar surface area (TPSA) is 105 Å². The van der Waals surface area contributed by atoms with E-state index in [1.54, 1.807) is 19.1 Å². The molecule has 0 fully saturated rings. The number of anilines is 1. The molecule has 0 aromatic heterocycles. The first-order chi connectivity index (χ1) is 16.8. The van der Waals surface area contributed by atoms with Crippen molar-refractivity contribution >= 4 is 46.2 Å². The van der Waals surface area contributed by atoms with Crippen LogP contribution in [0.5, 0.6) is 0 Å². The minimum Gasteiger partial charge on any atom is -0.478 e. The number of carbonyl (C=O) groups is 3. The van der Waals surface area contributed by atoms with Gasteiger partial charge in [0.25, 0.3) is 0 Å². The SMILES string of the molecule is CC(CCC(=O)Nc1ccc(I)cc1C(=O)O)NC(=O)OCC1c2ccccc2-c2ccccc21. The van der Waals surface area contributed by atoms with Gasteiger partial charge in [-0.3, -0.25) is 4.79 Å². The standard InChI is InChI=1S/C27H25IN2O5/c1-16(10-13-25(31)30-24-12-11-17(28)14-22(24)26(32)33)29-27(34)35-15-23-20-8-4-2-6-18(20)19-7-3-5-9-21(19)23/h2-9,11-12,14,16,23H,10,13,15H2,1H3,(H,29,34)(H,30,31)(H,32,33). The number of carboxylic acids is 1. The Balaban J connectivity index is 1.27. The van der Waals surface area contributed by atoms with Crippen LogP contribution in [0.15, 0.2) is 66.7 Å². The van der Waals surface area contributed by atoms with Crippen LogP contribution in [0.25, 0.3) is 11.1 Å². The fourth-order valence-electron chi connectivity index (χ4n) is 4.28. The fraction of sp³-hybridized carbons (Fsp3) is 0.222. The summed E-state index contributed by atoms with van der Waals surface area (Å²) in [7, 11) is 0. The lowest BCUT2D eigenvalue weighted by Gasteiger charge is -2.17. The molecule has 1 unspecified atom stereocenters. The van der Waals surface area contributed by atoms with Crippen LogP contribution in [0.1, 0.15) is 47.2 Å². The van der Waals surface area contributed by atoms with E-state index in [1.807, 2.05) is 46.9 Å². The molecule has 0 radical (unpaired) electrons. The number of alkyl carbamates (subject to hydrolysis) is 1. The average Bonchev–Trinajstić information content (AvgIpc) is 3.16. The highest BCUT2D eigenvalue weighted by Crippen LogP contribution is 2.44. The van der Waals surface area contributed by atoms with Crippen LogP contribution in [-0.4, -0.2) is 35.7 Å². The molecule has 0 aliphatic heterocycles. The predicted molar refractivity (Wildman–Crippen MR) is 142 cm³/mol. The van der Waals surface area contributed by atoms with Crippen LogP contribution in [0.3, 0.4) is 0 Å². The molecule has 0 bridgehead atoms. The molecule has 35 heavy (non-hydrogen) atoms. The Bertz CT molecular complexity index is 1230. The number of halogens is 1. The molecule has 2 amide bonds. The van der Waals surface area contributed by atoms with Gasteiger partial charge in [-0.1, -0.05) is 48.5 Å². The number of amides is 2. The number of nitrogens with one attached hydrogen (secondary N) is 2. The minimum atomic E-state index is -1.11. The maximum Gasteiger partial charge on any atom is 0.407 e. The molecule has 0 saturated heterocycles. The van der Waals surface area contributed by atoms with E-state index in [0.29, 0.717) is 6.42 Å². The van der Waals surface area contributed by atoms with Gasteiger partial charge in [0.2, 0.25) is 5.91 Å². The average molecular weight is 584 g/mol. The number of carbonyl (C=O) groups excluding carboxylic acids is 2. The molecule has 7 nitrogen and oxygen atoms in total. The van der Waals surface area contributed by atoms with Gasteiger partial charge in [-0.25, -0.2) is 9.59 Å². The third-order valence-corrected chi connectivity index (χ3v) is 6.67. The van der Waals surface area contributed by atoms with Crippen LogP contribution in [0, 0.1) is 3.57 Å². The molecule has 3 aromatic carbocycles. The minimum absolute atomic E-state index is 0.0217. The van der Waals surface area contributed by atoms with Crippen molar-refractivity contribution in [3.8, 4) is 11.1 Å². The van der Waals surface area contributed by atoms with E-state index in [4.69, 9.17) is 4.74 Å². The second kappa shape index (κ2) is 10.9. The largest absolute Gasteiger partial charge is 0.478 e. The van der Waals surface area contributed by atoms with Gasteiger partial charge < -0.3 is 20.5 Å². The van der Waals surface area contributed by atoms with E-state index in [9.17, 15) is 19.5 Å². The first kappa shape index (κ1) is 24.7. The van der Waals surface area contributed by atoms with Crippen molar-refractivity contribution < 1.29 is 24.2 Å². The Kier molecular flexibility index (Phi) is 7.70. The van der Waals surface area contributed by atoms with Crippen LogP contribution in [0.2, 0.25) is 0 Å². The molecule has 3 N–H and O–H groups in total. The Labute approximate surface area is 217 Å². The molecule has 3 aromatic rings. The van der Waals surface area contributed by atoms with Crippen molar-refractivity contribution in [2.24, 2.45) is 0 Å².